The summed E-state index contributed by atoms with van der Waals surface area (Å²) in [5.74, 6) is -1.54. The fourth-order valence-electron chi connectivity index (χ4n) is 4.32. The van der Waals surface area contributed by atoms with E-state index in [0.717, 1.165) is 11.1 Å². The van der Waals surface area contributed by atoms with E-state index in [4.69, 9.17) is 9.84 Å². The van der Waals surface area contributed by atoms with E-state index in [2.05, 4.69) is 9.97 Å². The van der Waals surface area contributed by atoms with Gasteiger partial charge >= 0.3 is 41.5 Å². The van der Waals surface area contributed by atoms with Gasteiger partial charge in [0.2, 0.25) is 0 Å². The van der Waals surface area contributed by atoms with Gasteiger partial charge in [0, 0.05) is 11.1 Å². The number of esters is 1. The van der Waals surface area contributed by atoms with Crippen LogP contribution in [0.3, 0.4) is 0 Å². The Hall–Kier alpha value is -3.90. The number of imidazole rings is 2. The molecular weight excluding hydrogens is 539 g/mol. The molecular formula is C29H31N4NaO7. The number of hydrogen-bond acceptors (Lipinski definition) is 8. The molecule has 0 fully saturated rings. The first-order valence-corrected chi connectivity index (χ1v) is 12.1. The quantitative estimate of drug-likeness (QED) is 0.189. The number of ketones is 2. The Balaban J connectivity index is 0.000000391. The molecule has 2 aromatic heterocycles. The number of nitrogens with zero attached hydrogens (tertiary/aromatic N) is 4. The van der Waals surface area contributed by atoms with E-state index in [-0.39, 0.29) is 64.4 Å². The van der Waals surface area contributed by atoms with Gasteiger partial charge in [0.25, 0.3) is 0 Å². The molecule has 2 N–H and O–H groups in total. The minimum absolute atomic E-state index is 0. The van der Waals surface area contributed by atoms with Crippen molar-refractivity contribution in [2.24, 2.45) is 0 Å². The fraction of sp³-hybridized carbons (Fsp3) is 0.241. The molecule has 11 nitrogen and oxygen atoms in total. The molecule has 2 aromatic carbocycles. The second kappa shape index (κ2) is 15.8. The third-order valence-electron chi connectivity index (χ3n) is 6.36. The van der Waals surface area contributed by atoms with Crippen molar-refractivity contribution in [3.63, 3.8) is 0 Å². The number of Topliss-reactive ketones (excluding diaryl/α,β-unsaturated/α-hetero) is 2. The maximum atomic E-state index is 11.7. The molecule has 0 unspecified atom stereocenters. The molecule has 0 saturated heterocycles. The number of ether oxygens (including phenoxy) is 1. The zero-order valence-electron chi connectivity index (χ0n) is 23.8. The molecule has 4 rings (SSSR count). The largest absolute Gasteiger partial charge is 1.00 e. The summed E-state index contributed by atoms with van der Waals surface area (Å²) in [6.07, 6.45) is 5.78. The first kappa shape index (κ1) is 35.1. The van der Waals surface area contributed by atoms with Gasteiger partial charge < -0.3 is 24.5 Å². The molecule has 210 valence electrons. The maximum Gasteiger partial charge on any atom is 1.00 e. The van der Waals surface area contributed by atoms with Gasteiger partial charge in [-0.3, -0.25) is 9.59 Å². The van der Waals surface area contributed by atoms with Crippen LogP contribution >= 0.6 is 0 Å². The van der Waals surface area contributed by atoms with Crippen LogP contribution in [0.2, 0.25) is 0 Å². The van der Waals surface area contributed by atoms with Crippen molar-refractivity contribution >= 4 is 23.5 Å². The number of hydrogen-bond donors (Lipinski definition) is 1. The molecule has 0 aliphatic heterocycles. The minimum atomic E-state index is -1.04. The zero-order chi connectivity index (χ0) is 28.7. The number of methoxy groups -OCH3 is 1. The van der Waals surface area contributed by atoms with Crippen molar-refractivity contribution in [3.05, 3.63) is 107 Å². The fourth-order valence-corrected chi connectivity index (χ4v) is 4.32. The predicted molar refractivity (Wildman–Crippen MR) is 145 cm³/mol. The molecule has 12 heteroatoms. The van der Waals surface area contributed by atoms with E-state index in [1.165, 1.54) is 39.7 Å². The van der Waals surface area contributed by atoms with Crippen LogP contribution in [0.25, 0.3) is 0 Å². The van der Waals surface area contributed by atoms with Gasteiger partial charge in [-0.1, -0.05) is 48.5 Å². The molecule has 0 aliphatic carbocycles. The summed E-state index contributed by atoms with van der Waals surface area (Å²) in [5.41, 5.74) is 3.34. The van der Waals surface area contributed by atoms with E-state index in [0.29, 0.717) is 16.8 Å². The van der Waals surface area contributed by atoms with Crippen LogP contribution in [-0.4, -0.2) is 60.3 Å². The molecule has 0 spiro atoms. The molecule has 2 heterocycles. The van der Waals surface area contributed by atoms with Crippen LogP contribution in [0.5, 0.6) is 0 Å². The van der Waals surface area contributed by atoms with Crippen molar-refractivity contribution in [1.82, 2.24) is 19.1 Å². The van der Waals surface area contributed by atoms with E-state index in [9.17, 15) is 19.2 Å². The van der Waals surface area contributed by atoms with Crippen LogP contribution < -0.4 is 29.6 Å². The van der Waals surface area contributed by atoms with Crippen molar-refractivity contribution in [1.29, 1.82) is 0 Å². The SMILES string of the molecule is CC(=O)c1ccccc1[C@H](C)n1cncc1C(=O)O.COC(=O)c1cncn1[C@@H](C)c1ccccc1C(C)=O.[Na+].[OH-]. The Kier molecular flexibility index (Phi) is 13.5. The molecule has 0 aliphatic rings. The van der Waals surface area contributed by atoms with E-state index in [1.807, 2.05) is 44.2 Å². The van der Waals surface area contributed by atoms with Crippen molar-refractivity contribution < 1.29 is 64.1 Å². The number of carboxylic acids is 1. The van der Waals surface area contributed by atoms with E-state index >= 15 is 0 Å². The van der Waals surface area contributed by atoms with Gasteiger partial charge in [-0.25, -0.2) is 19.6 Å². The molecule has 0 saturated carbocycles. The standard InChI is InChI=1S/C15H16N2O3.C14H14N2O3.Na.H2O/c1-10(12-6-4-5-7-13(12)11(2)18)17-9-16-8-14(17)15(19)20-3;1-9(16-8-15-7-13(16)14(18)19)11-5-3-4-6-12(11)10(2)17;;/h4-10H,1-3H3;3-9H,1-2H3,(H,18,19);;1H2/q;;+1;/p-1/t10-;9-;;/m00../s1. The van der Waals surface area contributed by atoms with Gasteiger partial charge in [-0.2, -0.15) is 0 Å². The second-order valence-corrected chi connectivity index (χ2v) is 8.81. The van der Waals surface area contributed by atoms with Crippen LogP contribution in [0.4, 0.5) is 0 Å². The molecule has 0 amide bonds. The van der Waals surface area contributed by atoms with E-state index < -0.39 is 11.9 Å². The number of carbonyl (C=O) groups is 4. The first-order valence-electron chi connectivity index (χ1n) is 12.1. The summed E-state index contributed by atoms with van der Waals surface area (Å²) in [6.45, 7) is 6.78. The molecule has 0 bridgehead atoms. The van der Waals surface area contributed by atoms with Crippen LogP contribution in [0.1, 0.15) is 92.6 Å². The van der Waals surface area contributed by atoms with Gasteiger partial charge in [-0.05, 0) is 38.8 Å². The van der Waals surface area contributed by atoms with E-state index in [1.54, 1.807) is 33.7 Å². The summed E-state index contributed by atoms with van der Waals surface area (Å²) < 4.78 is 7.98. The Morgan fingerprint density at radius 3 is 1.54 bits per heavy atom. The average Bonchev–Trinajstić information content (AvgIpc) is 3.63. The van der Waals surface area contributed by atoms with Crippen LogP contribution in [0.15, 0.2) is 73.6 Å². The maximum absolute atomic E-state index is 11.7. The molecule has 4 aromatic rings. The van der Waals surface area contributed by atoms with Crippen molar-refractivity contribution in [3.8, 4) is 0 Å². The third-order valence-corrected chi connectivity index (χ3v) is 6.36. The summed E-state index contributed by atoms with van der Waals surface area (Å²) in [6, 6.07) is 14.1. The monoisotopic (exact) mass is 570 g/mol. The Morgan fingerprint density at radius 1 is 0.756 bits per heavy atom. The first-order chi connectivity index (χ1) is 18.6. The minimum Gasteiger partial charge on any atom is -0.870 e. The molecule has 0 radical (unpaired) electrons. The number of aromatic nitrogens is 4. The number of benzene rings is 2. The van der Waals surface area contributed by atoms with Gasteiger partial charge in [-0.15, -0.1) is 0 Å². The number of carboxylic acid groups (broad SMARTS) is 1. The number of aromatic carboxylic acids is 1. The van der Waals surface area contributed by atoms with Gasteiger partial charge in [0.15, 0.2) is 11.6 Å². The second-order valence-electron chi connectivity index (χ2n) is 8.81. The summed E-state index contributed by atoms with van der Waals surface area (Å²) in [4.78, 5) is 54.0. The normalized spacial score (nSPS) is 11.4. The van der Waals surface area contributed by atoms with Crippen LogP contribution in [0, 0.1) is 0 Å². The Morgan fingerprint density at radius 2 is 1.15 bits per heavy atom. The summed E-state index contributed by atoms with van der Waals surface area (Å²) in [7, 11) is 1.33. The Labute approximate surface area is 259 Å². The van der Waals surface area contributed by atoms with Gasteiger partial charge in [0.1, 0.15) is 11.4 Å². The van der Waals surface area contributed by atoms with Crippen LogP contribution in [-0.2, 0) is 4.74 Å². The smallest absolute Gasteiger partial charge is 0.870 e. The average molecular weight is 571 g/mol. The van der Waals surface area contributed by atoms with Crippen molar-refractivity contribution in [2.75, 3.05) is 7.11 Å². The Bertz CT molecular complexity index is 1510. The zero-order valence-corrected chi connectivity index (χ0v) is 25.8. The third kappa shape index (κ3) is 8.08. The molecule has 41 heavy (non-hydrogen) atoms. The molecule has 2 atom stereocenters. The topological polar surface area (TPSA) is 163 Å². The van der Waals surface area contributed by atoms with Crippen molar-refractivity contribution in [2.45, 2.75) is 39.8 Å². The van der Waals surface area contributed by atoms with Gasteiger partial charge in [0.05, 0.1) is 44.2 Å². The number of carbonyl (C=O) groups excluding carboxylic acids is 3. The summed E-state index contributed by atoms with van der Waals surface area (Å²) in [5, 5.41) is 9.10. The number of rotatable bonds is 8. The summed E-state index contributed by atoms with van der Waals surface area (Å²) >= 11 is 0. The predicted octanol–water partition coefficient (Wildman–Crippen LogP) is 1.70.